The van der Waals surface area contributed by atoms with Crippen LogP contribution in [0.25, 0.3) is 54.7 Å². The van der Waals surface area contributed by atoms with Gasteiger partial charge in [0.1, 0.15) is 0 Å². The van der Waals surface area contributed by atoms with E-state index in [1.54, 1.807) is 33.4 Å². The number of aryl methyl sites for hydroxylation is 2. The average molecular weight is 1670 g/mol. The number of nitrogens with zero attached hydrogens (tertiary/aromatic N) is 2. The van der Waals surface area contributed by atoms with Gasteiger partial charge >= 0.3 is 0 Å². The molecule has 4 fully saturated rings. The zero-order chi connectivity index (χ0) is 91.8. The van der Waals surface area contributed by atoms with Gasteiger partial charge in [0.05, 0.1) is 0 Å². The Bertz CT molecular complexity index is 4990. The Morgan fingerprint density at radius 2 is 0.500 bits per heavy atom. The first kappa shape index (κ1) is 100. The smallest absolute Gasteiger partial charge is 0.0496 e. The van der Waals surface area contributed by atoms with Crippen LogP contribution in [-0.4, -0.2) is 9.13 Å². The van der Waals surface area contributed by atoms with Crippen molar-refractivity contribution in [3.05, 3.63) is 260 Å². The molecule has 15 rings (SSSR count). The van der Waals surface area contributed by atoms with Crippen LogP contribution in [0.3, 0.4) is 0 Å². The predicted molar refractivity (Wildman–Crippen MR) is 554 cm³/mol. The minimum atomic E-state index is 0.0481. The molecule has 2 nitrogen and oxygen atoms in total. The van der Waals surface area contributed by atoms with Gasteiger partial charge in [0.25, 0.3) is 0 Å². The number of rotatable bonds is 5. The van der Waals surface area contributed by atoms with Crippen LogP contribution in [0.4, 0.5) is 0 Å². The summed E-state index contributed by atoms with van der Waals surface area (Å²) < 4.78 is 4.92. The highest BCUT2D eigenvalue weighted by Gasteiger charge is 2.36. The highest BCUT2D eigenvalue weighted by Crippen LogP contribution is 2.49. The molecule has 4 aliphatic rings. The van der Waals surface area contributed by atoms with Gasteiger partial charge in [-0.1, -0.05) is 397 Å². The fraction of sp³-hybridized carbons (Fsp3) is 0.557. The Labute approximate surface area is 760 Å². The highest BCUT2D eigenvalue weighted by molar-refractivity contribution is 6.09. The highest BCUT2D eigenvalue weighted by atomic mass is 15.1. The number of aromatic nitrogens is 2. The molecule has 0 amide bonds. The summed E-state index contributed by atoms with van der Waals surface area (Å²) in [5.74, 6) is 4.16. The minimum Gasteiger partial charge on any atom is -0.335 e. The molecular formula is C122H176N2. The topological polar surface area (TPSA) is 9.86 Å². The molecule has 0 unspecified atom stereocenters. The Morgan fingerprint density at radius 3 is 0.774 bits per heavy atom. The Balaban J connectivity index is 0.000000168. The summed E-state index contributed by atoms with van der Waals surface area (Å²) in [7, 11) is 0. The Morgan fingerprint density at radius 1 is 0.234 bits per heavy atom. The first-order valence-corrected chi connectivity index (χ1v) is 49.2. The lowest BCUT2D eigenvalue weighted by Crippen LogP contribution is -2.27. The summed E-state index contributed by atoms with van der Waals surface area (Å²) in [6.07, 6.45) is 25.7. The maximum atomic E-state index is 2.50. The number of benzene rings is 9. The van der Waals surface area contributed by atoms with E-state index in [9.17, 15) is 0 Å². The monoisotopic (exact) mass is 1670 g/mol. The summed E-state index contributed by atoms with van der Waals surface area (Å²) in [5.41, 5.74) is 31.5. The van der Waals surface area contributed by atoms with Crippen molar-refractivity contribution in [1.82, 2.24) is 9.13 Å². The largest absolute Gasteiger partial charge is 0.335 e. The third-order valence-corrected chi connectivity index (χ3v) is 26.7. The number of hydrogen-bond donors (Lipinski definition) is 0. The number of fused-ring (bicyclic) bond motifs is 6. The van der Waals surface area contributed by atoms with Gasteiger partial charge in [-0.05, 0) is 305 Å². The second kappa shape index (κ2) is 40.5. The van der Waals surface area contributed by atoms with Crippen molar-refractivity contribution in [2.75, 3.05) is 0 Å². The van der Waals surface area contributed by atoms with E-state index in [1.165, 1.54) is 215 Å². The predicted octanol–water partition coefficient (Wildman–Crippen LogP) is 37.6. The van der Waals surface area contributed by atoms with Crippen molar-refractivity contribution >= 4 is 43.6 Å². The zero-order valence-electron chi connectivity index (χ0n) is 85.8. The van der Waals surface area contributed by atoms with Crippen LogP contribution in [0.2, 0.25) is 0 Å². The molecule has 0 radical (unpaired) electrons. The summed E-state index contributed by atoms with van der Waals surface area (Å²) in [6, 6.07) is 67.9. The van der Waals surface area contributed by atoms with Crippen molar-refractivity contribution in [2.24, 2.45) is 5.92 Å². The van der Waals surface area contributed by atoms with Crippen LogP contribution in [0.1, 0.15) is 446 Å². The van der Waals surface area contributed by atoms with E-state index < -0.39 is 0 Å². The summed E-state index contributed by atoms with van der Waals surface area (Å²) in [5, 5.41) is 5.45. The van der Waals surface area contributed by atoms with Gasteiger partial charge in [-0.3, -0.25) is 0 Å². The molecular weight excluding hydrogens is 1490 g/mol. The molecule has 0 atom stereocenters. The van der Waals surface area contributed by atoms with Gasteiger partial charge in [-0.2, -0.15) is 0 Å². The van der Waals surface area contributed by atoms with Crippen molar-refractivity contribution in [3.63, 3.8) is 0 Å². The molecule has 674 valence electrons. The lowest BCUT2D eigenvalue weighted by Gasteiger charge is -2.36. The van der Waals surface area contributed by atoms with E-state index in [1.807, 2.05) is 0 Å². The van der Waals surface area contributed by atoms with Gasteiger partial charge in [0.2, 0.25) is 0 Å². The lowest BCUT2D eigenvalue weighted by atomic mass is 9.69. The zero-order valence-corrected chi connectivity index (χ0v) is 85.8. The molecule has 0 aliphatic heterocycles. The second-order valence-electron chi connectivity index (χ2n) is 49.1. The van der Waals surface area contributed by atoms with Crippen molar-refractivity contribution in [2.45, 2.75) is 436 Å². The van der Waals surface area contributed by atoms with Crippen LogP contribution in [-0.2, 0) is 54.4 Å². The van der Waals surface area contributed by atoms with E-state index in [4.69, 9.17) is 0 Å². The minimum absolute atomic E-state index is 0.0481. The molecule has 11 aromatic rings. The summed E-state index contributed by atoms with van der Waals surface area (Å²) >= 11 is 0. The molecule has 4 aliphatic carbocycles. The molecule has 9 aromatic carbocycles. The molecule has 2 aromatic heterocycles. The number of hydrogen-bond acceptors (Lipinski definition) is 0. The van der Waals surface area contributed by atoms with Crippen LogP contribution in [0.15, 0.2) is 182 Å². The van der Waals surface area contributed by atoms with Crippen LogP contribution < -0.4 is 0 Å². The quantitative estimate of drug-likeness (QED) is 0.163. The fourth-order valence-corrected chi connectivity index (χ4v) is 21.4. The van der Waals surface area contributed by atoms with E-state index >= 15 is 0 Å². The van der Waals surface area contributed by atoms with Gasteiger partial charge in [0, 0.05) is 54.7 Å². The summed E-state index contributed by atoms with van der Waals surface area (Å²) in [6.45, 7) is 80.6. The second-order valence-corrected chi connectivity index (χ2v) is 49.1. The lowest BCUT2D eigenvalue weighted by molar-refractivity contribution is 0.420. The summed E-state index contributed by atoms with van der Waals surface area (Å²) in [4.78, 5) is 0. The van der Waals surface area contributed by atoms with Gasteiger partial charge in [0.15, 0.2) is 0 Å². The molecule has 0 spiro atoms. The molecule has 4 saturated carbocycles. The third-order valence-electron chi connectivity index (χ3n) is 26.7. The Hall–Kier alpha value is -7.42. The first-order chi connectivity index (χ1) is 57.5. The van der Waals surface area contributed by atoms with Crippen molar-refractivity contribution < 1.29 is 0 Å². The molecule has 124 heavy (non-hydrogen) atoms. The van der Waals surface area contributed by atoms with E-state index in [2.05, 4.69) is 433 Å². The van der Waals surface area contributed by atoms with Crippen LogP contribution >= 0.6 is 0 Å². The van der Waals surface area contributed by atoms with Crippen molar-refractivity contribution in [1.29, 1.82) is 0 Å². The van der Waals surface area contributed by atoms with Crippen LogP contribution in [0, 0.1) is 19.8 Å². The molecule has 2 heteroatoms. The third kappa shape index (κ3) is 25.5. The van der Waals surface area contributed by atoms with E-state index in [0.717, 1.165) is 29.6 Å². The molecule has 0 bridgehead atoms. The van der Waals surface area contributed by atoms with E-state index in [-0.39, 0.29) is 54.4 Å². The molecule has 2 heterocycles. The molecule has 0 saturated heterocycles. The first-order valence-electron chi connectivity index (χ1n) is 49.2. The molecule has 0 N–H and O–H groups in total. The average Bonchev–Trinajstić information content (AvgIpc) is 1.57. The van der Waals surface area contributed by atoms with Gasteiger partial charge < -0.3 is 9.13 Å². The SMILES string of the molecule is CC(C)(C)c1c(C2CCCC2)cccc1C1CCCC1.CC(C)(C)c1c(C2CCCCC2)cccc1C1CCCCC1.CC(C)(C)c1ccc2c(c1)c1cc(C(C)(C)C)ccc1n2C(C)(C)C.CC(C)(C)c1cccc(C(C)(C)C)c1C(C)(C)C.CC(C)(C)n1c2ccccc2c2ccccc21.CC(C)C.Cc1cc(-c2ccccc2)cc(C)c1C(C)(C)C. The Kier molecular flexibility index (Phi) is 32.8. The van der Waals surface area contributed by atoms with Gasteiger partial charge in [-0.25, -0.2) is 0 Å². The fourth-order valence-electron chi connectivity index (χ4n) is 21.4. The number of para-hydroxylation sites is 2. The van der Waals surface area contributed by atoms with Crippen molar-refractivity contribution in [3.8, 4) is 11.1 Å². The van der Waals surface area contributed by atoms with Crippen LogP contribution in [0.5, 0.6) is 0 Å². The van der Waals surface area contributed by atoms with Gasteiger partial charge in [-0.15, -0.1) is 0 Å². The van der Waals surface area contributed by atoms with E-state index in [0.29, 0.717) is 0 Å². The standard InChI is InChI=1S/C24H33N.C22H34.C20H30.C18H22.C18H30.C16H17N.C4H10/c1-22(2,3)16-10-12-20-18(14-16)19-15-17(23(4,5)6)11-13-21(19)25(20)24(7,8)9;1-22(2,3)21-19(17-11-6-4-7-12-17)15-10-16-20(21)18-13-8-5-9-14-18;1-20(2,3)19-17(15-9-4-5-10-15)13-8-14-18(19)16-11-6-7-12-16;1-13-11-16(15-9-7-6-8-10-15)12-14(2)17(13)18(3,4)5;1-16(2,3)13-11-10-12-14(17(4,5)6)15(13)18(7,8)9;1-16(2,3)17-14-10-6-4-8-12(14)13-9-5-7-11-15(13)17;1-4(2)3/h10-15H,1-9H3;10,15-18H,4-9,11-14H2,1-3H3;8,13-16H,4-7,9-12H2,1-3H3;6-12H,1-5H3;10-12H,1-9H3;4-11H,1-3H3;4H,1-3H3. The maximum Gasteiger partial charge on any atom is 0.0496 e. The maximum absolute atomic E-state index is 2.50. The normalized spacial score (nSPS) is 15.9.